The minimum atomic E-state index is -2.32. The molecule has 0 aliphatic carbocycles. The molecule has 11 N–H and O–H groups in total. The van der Waals surface area contributed by atoms with Crippen molar-refractivity contribution in [3.8, 4) is 0 Å². The Labute approximate surface area is 587 Å². The highest BCUT2D eigenvalue weighted by molar-refractivity contribution is 5.91. The van der Waals surface area contributed by atoms with Crippen LogP contribution in [-0.2, 0) is 77.7 Å². The molecule has 552 valence electrons. The first-order valence-electron chi connectivity index (χ1n) is 32.9. The fourth-order valence-electron chi connectivity index (χ4n) is 12.2. The van der Waals surface area contributed by atoms with E-state index >= 15 is 0 Å². The maximum Gasteiger partial charge on any atom is 0.338 e. The molecule has 10 unspecified atom stereocenters. The lowest BCUT2D eigenvalue weighted by Crippen LogP contribution is -2.69. The lowest BCUT2D eigenvalue weighted by molar-refractivity contribution is -0.394. The van der Waals surface area contributed by atoms with E-state index in [0.29, 0.717) is 5.56 Å². The van der Waals surface area contributed by atoms with Gasteiger partial charge in [0.15, 0.2) is 62.0 Å². The van der Waals surface area contributed by atoms with E-state index in [2.05, 4.69) is 0 Å². The molecule has 6 aromatic rings. The first-order chi connectivity index (χ1) is 49.9. The fraction of sp³-hybridized carbons (Fsp3) is 0.431. The Balaban J connectivity index is 0.989. The van der Waals surface area contributed by atoms with Crippen LogP contribution in [0.3, 0.4) is 0 Å². The average Bonchev–Trinajstić information content (AvgIpc) is 0.762. The van der Waals surface area contributed by atoms with E-state index in [1.807, 2.05) is 0 Å². The molecular formula is C72H78O31. The van der Waals surface area contributed by atoms with Gasteiger partial charge in [-0.15, -0.1) is 0 Å². The van der Waals surface area contributed by atoms with Gasteiger partial charge >= 0.3 is 29.8 Å². The van der Waals surface area contributed by atoms with Crippen molar-refractivity contribution in [2.45, 2.75) is 160 Å². The quantitative estimate of drug-likeness (QED) is 0.0244. The molecule has 5 saturated heterocycles. The minimum Gasteiger partial charge on any atom is -0.450 e. The first-order valence-corrected chi connectivity index (χ1v) is 32.9. The van der Waals surface area contributed by atoms with Crippen LogP contribution in [0.5, 0.6) is 0 Å². The highest BCUT2D eigenvalue weighted by atomic mass is 16.8. The highest BCUT2D eigenvalue weighted by Crippen LogP contribution is 2.40. The second-order valence-electron chi connectivity index (χ2n) is 24.5. The molecule has 6 aromatic carbocycles. The molecule has 0 radical (unpaired) electrons. The van der Waals surface area contributed by atoms with Crippen LogP contribution in [0.2, 0.25) is 0 Å². The van der Waals surface area contributed by atoms with Crippen LogP contribution in [0.1, 0.15) is 57.4 Å². The average molecular weight is 1440 g/mol. The predicted octanol–water partition coefficient (Wildman–Crippen LogP) is -0.377. The number of hydrogen-bond donors (Lipinski definition) is 11. The largest absolute Gasteiger partial charge is 0.450 e. The zero-order valence-electron chi connectivity index (χ0n) is 54.6. The molecule has 31 heteroatoms. The summed E-state index contributed by atoms with van der Waals surface area (Å²) in [6.07, 6.45) is -51.2. The van der Waals surface area contributed by atoms with E-state index in [0.717, 1.165) is 0 Å². The van der Waals surface area contributed by atoms with Gasteiger partial charge in [-0.05, 0) is 66.2 Å². The Morgan fingerprint density at radius 2 is 0.476 bits per heavy atom. The van der Waals surface area contributed by atoms with Crippen LogP contribution < -0.4 is 0 Å². The summed E-state index contributed by atoms with van der Waals surface area (Å²) in [6.45, 7) is -5.46. The Morgan fingerprint density at radius 3 is 0.738 bits per heavy atom. The Bertz CT molecular complexity index is 3670. The van der Waals surface area contributed by atoms with E-state index in [1.165, 1.54) is 109 Å². The van der Waals surface area contributed by atoms with Crippen molar-refractivity contribution in [3.05, 3.63) is 215 Å². The summed E-state index contributed by atoms with van der Waals surface area (Å²) >= 11 is 0. The minimum absolute atomic E-state index is 0.00837. The molecule has 5 aliphatic rings. The van der Waals surface area contributed by atoms with Crippen LogP contribution in [0.4, 0.5) is 0 Å². The zero-order valence-corrected chi connectivity index (χ0v) is 54.6. The van der Waals surface area contributed by atoms with Gasteiger partial charge in [-0.2, -0.15) is 0 Å². The van der Waals surface area contributed by atoms with Gasteiger partial charge in [-0.3, -0.25) is 0 Å². The summed E-state index contributed by atoms with van der Waals surface area (Å²) in [6, 6.07) is 45.1. The second-order valence-corrected chi connectivity index (χ2v) is 24.5. The van der Waals surface area contributed by atoms with Crippen LogP contribution >= 0.6 is 0 Å². The van der Waals surface area contributed by atoms with Crippen LogP contribution in [0.25, 0.3) is 0 Å². The Kier molecular flexibility index (Phi) is 26.2. The fourth-order valence-corrected chi connectivity index (χ4v) is 12.2. The van der Waals surface area contributed by atoms with Crippen molar-refractivity contribution in [1.29, 1.82) is 0 Å². The summed E-state index contributed by atoms with van der Waals surface area (Å²) in [5, 5.41) is 127. The van der Waals surface area contributed by atoms with Gasteiger partial charge in [0.25, 0.3) is 0 Å². The molecule has 0 bridgehead atoms. The number of rotatable bonds is 26. The maximum absolute atomic E-state index is 14.7. The van der Waals surface area contributed by atoms with Crippen molar-refractivity contribution in [1.82, 2.24) is 0 Å². The smallest absolute Gasteiger partial charge is 0.338 e. The monoisotopic (exact) mass is 1440 g/mol. The SMILES string of the molecule is O=C(OC1[C@H](O[C@@H]2C(OC(=O)c3ccccc3)[C@H](O[C@@H]3C(OC(=O)c4ccccc4)[C@H](O[C@@H]4C(OC(=O)c5ccccc5)[C@H](O[C@@H]5C(OC(=O)c6ccccc6)[C@H](OCc6ccccc6)OC(CO)[C@@H]5O)OC(CO)[C@@H]4O)OC(CO)[C@@H]3O)OC(CO)[C@@H]2O)OC(CO)[C@H](O)[C@@H]1O)c1ccccc1. The molecule has 25 atom stereocenters. The lowest BCUT2D eigenvalue weighted by Gasteiger charge is -2.51. The van der Waals surface area contributed by atoms with Crippen molar-refractivity contribution < 1.29 is 151 Å². The van der Waals surface area contributed by atoms with Gasteiger partial charge in [-0.1, -0.05) is 121 Å². The molecular weight excluding hydrogens is 1360 g/mol. The van der Waals surface area contributed by atoms with Gasteiger partial charge in [-0.25, -0.2) is 24.0 Å². The van der Waals surface area contributed by atoms with Crippen LogP contribution in [0, 0.1) is 0 Å². The van der Waals surface area contributed by atoms with Crippen molar-refractivity contribution in [2.75, 3.05) is 33.0 Å². The van der Waals surface area contributed by atoms with E-state index in [1.54, 1.807) is 72.8 Å². The van der Waals surface area contributed by atoms with Gasteiger partial charge < -0.3 is 127 Å². The number of aliphatic hydroxyl groups is 11. The third kappa shape index (κ3) is 17.8. The molecule has 0 saturated carbocycles. The number of esters is 5. The first kappa shape index (κ1) is 76.0. The van der Waals surface area contributed by atoms with Crippen LogP contribution in [0.15, 0.2) is 182 Å². The van der Waals surface area contributed by atoms with Gasteiger partial charge in [0, 0.05) is 0 Å². The molecule has 5 aliphatic heterocycles. The Morgan fingerprint density at radius 1 is 0.262 bits per heavy atom. The predicted molar refractivity (Wildman–Crippen MR) is 344 cm³/mol. The highest BCUT2D eigenvalue weighted by Gasteiger charge is 2.61. The van der Waals surface area contributed by atoms with Crippen LogP contribution in [-0.4, -0.2) is 273 Å². The standard InChI is InChI=1S/C72H78O31/c73-31-43-48(78)53(83)58(95-63(84)38-21-9-2-10-22-38)69(91-43)100-55-50(80)45(33-75)93-71(60(55)97-65(86)40-25-13-4-14-26-40)102-57-52(82)47(35-77)94-72(62(57)99-67(88)42-29-17-6-18-30-42)103-56-51(81)46(34-76)92-70(61(56)98-66(87)41-27-15-5-16-28-41)101-54-49(79)44(32-74)90-68(89-36-37-19-7-1-8-20-37)59(54)96-64(85)39-23-11-3-12-24-39/h1-30,43-62,68-83H,31-36H2/t43?,44?,45?,46?,47?,48-,49-,50-,51-,52-,53-,54-,55-,56-,57-,58?,59?,60?,61?,62?,68+,69-,70-,71-,72-/m0/s1. The Hall–Kier alpha value is -8.17. The van der Waals surface area contributed by atoms with E-state index in [-0.39, 0.29) is 34.4 Å². The number of ether oxygens (including phenoxy) is 15. The van der Waals surface area contributed by atoms with Crippen molar-refractivity contribution in [3.63, 3.8) is 0 Å². The zero-order chi connectivity index (χ0) is 72.8. The van der Waals surface area contributed by atoms with Gasteiger partial charge in [0.2, 0.25) is 0 Å². The summed E-state index contributed by atoms with van der Waals surface area (Å²) in [4.78, 5) is 71.5. The number of carbonyl (C=O) groups is 5. The van der Waals surface area contributed by atoms with E-state index in [4.69, 9.17) is 71.1 Å². The number of carbonyl (C=O) groups excluding carboxylic acids is 5. The molecule has 0 aromatic heterocycles. The lowest BCUT2D eigenvalue weighted by atomic mass is 9.94. The van der Waals surface area contributed by atoms with E-state index in [9.17, 15) is 80.1 Å². The molecule has 5 fully saturated rings. The van der Waals surface area contributed by atoms with Gasteiger partial charge in [0.05, 0.1) is 67.5 Å². The maximum atomic E-state index is 14.7. The topological polar surface area (TPSA) is 446 Å². The number of aliphatic hydroxyl groups excluding tert-OH is 11. The second kappa shape index (κ2) is 35.5. The molecule has 31 nitrogen and oxygen atoms in total. The molecule has 5 heterocycles. The summed E-state index contributed by atoms with van der Waals surface area (Å²) in [5.41, 5.74) is 0.121. The number of benzene rings is 6. The normalized spacial score (nSPS) is 33.7. The summed E-state index contributed by atoms with van der Waals surface area (Å²) in [7, 11) is 0. The number of hydrogen-bond acceptors (Lipinski definition) is 31. The van der Waals surface area contributed by atoms with Crippen molar-refractivity contribution >= 4 is 29.8 Å². The molecule has 103 heavy (non-hydrogen) atoms. The molecule has 0 amide bonds. The van der Waals surface area contributed by atoms with E-state index < -0.39 is 216 Å². The summed E-state index contributed by atoms with van der Waals surface area (Å²) in [5.74, 6) is -5.64. The van der Waals surface area contributed by atoms with Gasteiger partial charge in [0.1, 0.15) is 91.6 Å². The third-order valence-corrected chi connectivity index (χ3v) is 17.7. The summed E-state index contributed by atoms with van der Waals surface area (Å²) < 4.78 is 93.3. The third-order valence-electron chi connectivity index (χ3n) is 17.7. The molecule has 11 rings (SSSR count). The molecule has 0 spiro atoms. The van der Waals surface area contributed by atoms with Crippen molar-refractivity contribution in [2.24, 2.45) is 0 Å².